The highest BCUT2D eigenvalue weighted by atomic mass is 19.1. The van der Waals surface area contributed by atoms with Crippen LogP contribution in [0.25, 0.3) is 33.3 Å². The van der Waals surface area contributed by atoms with E-state index in [1.54, 1.807) is 19.4 Å². The van der Waals surface area contributed by atoms with Gasteiger partial charge in [0.15, 0.2) is 0 Å². The number of fused-ring (bicyclic) bond motifs is 1. The van der Waals surface area contributed by atoms with Gasteiger partial charge in [0.05, 0.1) is 19.3 Å². The van der Waals surface area contributed by atoms with E-state index in [9.17, 15) is 9.18 Å². The Bertz CT molecular complexity index is 1550. The summed E-state index contributed by atoms with van der Waals surface area (Å²) >= 11 is 0. The number of carbonyl (C=O) groups is 1. The molecule has 1 amide bonds. The fraction of sp³-hybridized carbons (Fsp3) is 0.412. The van der Waals surface area contributed by atoms with Crippen LogP contribution in [0.1, 0.15) is 43.5 Å². The third-order valence-corrected chi connectivity index (χ3v) is 8.66. The Kier molecular flexibility index (Phi) is 8.27. The van der Waals surface area contributed by atoms with Crippen molar-refractivity contribution in [2.24, 2.45) is 5.92 Å². The van der Waals surface area contributed by atoms with Crippen molar-refractivity contribution >= 4 is 16.9 Å². The number of nitrogens with zero attached hydrogens (tertiary/aromatic N) is 3. The van der Waals surface area contributed by atoms with Gasteiger partial charge in [-0.3, -0.25) is 9.69 Å². The Balaban J connectivity index is 1.15. The van der Waals surface area contributed by atoms with Crippen molar-refractivity contribution in [3.63, 3.8) is 0 Å². The van der Waals surface area contributed by atoms with Gasteiger partial charge in [-0.05, 0) is 81.5 Å². The van der Waals surface area contributed by atoms with E-state index in [2.05, 4.69) is 28.7 Å². The van der Waals surface area contributed by atoms with Gasteiger partial charge in [-0.2, -0.15) is 0 Å². The van der Waals surface area contributed by atoms with Gasteiger partial charge in [0.25, 0.3) is 5.91 Å². The minimum Gasteiger partial charge on any atom is -0.496 e. The number of hydrogen-bond donors (Lipinski definition) is 1. The van der Waals surface area contributed by atoms with Crippen molar-refractivity contribution in [1.82, 2.24) is 19.8 Å². The molecule has 8 heteroatoms. The second-order valence-corrected chi connectivity index (χ2v) is 11.8. The van der Waals surface area contributed by atoms with Gasteiger partial charge in [0.1, 0.15) is 17.2 Å². The molecule has 4 heterocycles. The van der Waals surface area contributed by atoms with E-state index in [1.807, 2.05) is 41.4 Å². The lowest BCUT2D eigenvalue weighted by Crippen LogP contribution is -2.46. The number of pyridine rings is 1. The van der Waals surface area contributed by atoms with E-state index < -0.39 is 5.82 Å². The van der Waals surface area contributed by atoms with Crippen molar-refractivity contribution < 1.29 is 18.7 Å². The second kappa shape index (κ2) is 12.2. The Labute approximate surface area is 246 Å². The Morgan fingerprint density at radius 3 is 2.57 bits per heavy atom. The molecule has 0 unspecified atom stereocenters. The van der Waals surface area contributed by atoms with Gasteiger partial charge in [-0.25, -0.2) is 9.37 Å². The lowest BCUT2D eigenvalue weighted by Gasteiger charge is -2.37. The molecule has 1 N–H and O–H groups in total. The number of benzene rings is 2. The molecular weight excluding hydrogens is 531 g/mol. The molecule has 2 atom stereocenters. The molecule has 6 rings (SSSR count). The summed E-state index contributed by atoms with van der Waals surface area (Å²) in [5.74, 6) is 0.813. The van der Waals surface area contributed by atoms with Gasteiger partial charge in [-0.1, -0.05) is 18.2 Å². The molecule has 4 aromatic rings. The van der Waals surface area contributed by atoms with Gasteiger partial charge in [0.2, 0.25) is 0 Å². The first kappa shape index (κ1) is 28.4. The number of amides is 1. The molecule has 7 nitrogen and oxygen atoms in total. The van der Waals surface area contributed by atoms with Crippen LogP contribution in [0.5, 0.6) is 5.75 Å². The third-order valence-electron chi connectivity index (χ3n) is 8.66. The Morgan fingerprint density at radius 2 is 1.81 bits per heavy atom. The van der Waals surface area contributed by atoms with Gasteiger partial charge >= 0.3 is 0 Å². The van der Waals surface area contributed by atoms with E-state index in [1.165, 1.54) is 12.1 Å². The normalized spacial score (nSPS) is 20.2. The van der Waals surface area contributed by atoms with Crippen LogP contribution >= 0.6 is 0 Å². The van der Waals surface area contributed by atoms with Gasteiger partial charge in [0, 0.05) is 66.2 Å². The first-order valence-corrected chi connectivity index (χ1v) is 15.0. The van der Waals surface area contributed by atoms with Crippen LogP contribution in [-0.2, 0) is 4.74 Å². The summed E-state index contributed by atoms with van der Waals surface area (Å²) in [6.45, 7) is 8.71. The van der Waals surface area contributed by atoms with Crippen LogP contribution in [0.15, 0.2) is 60.9 Å². The van der Waals surface area contributed by atoms with Crippen LogP contribution in [0.2, 0.25) is 0 Å². The van der Waals surface area contributed by atoms with E-state index in [-0.39, 0.29) is 18.1 Å². The highest BCUT2D eigenvalue weighted by Gasteiger charge is 2.27. The number of nitrogens with one attached hydrogen (secondary N) is 1. The number of para-hydroxylation sites is 1. The molecule has 0 saturated carbocycles. The molecular formula is C34H39FN4O3. The second-order valence-electron chi connectivity index (χ2n) is 11.8. The number of methoxy groups -OCH3 is 1. The highest BCUT2D eigenvalue weighted by Crippen LogP contribution is 2.36. The molecule has 42 heavy (non-hydrogen) atoms. The molecule has 2 aliphatic rings. The van der Waals surface area contributed by atoms with Gasteiger partial charge < -0.3 is 19.4 Å². The van der Waals surface area contributed by atoms with Crippen LogP contribution in [-0.4, -0.2) is 77.7 Å². The molecule has 2 fully saturated rings. The number of halogens is 1. The van der Waals surface area contributed by atoms with E-state index >= 15 is 0 Å². The minimum absolute atomic E-state index is 0.115. The lowest BCUT2D eigenvalue weighted by molar-refractivity contribution is -0.0693. The van der Waals surface area contributed by atoms with Crippen LogP contribution in [0, 0.1) is 11.7 Å². The molecule has 2 aliphatic heterocycles. The van der Waals surface area contributed by atoms with Crippen LogP contribution in [0.3, 0.4) is 0 Å². The van der Waals surface area contributed by atoms with E-state index in [0.717, 1.165) is 72.4 Å². The average molecular weight is 571 g/mol. The van der Waals surface area contributed by atoms with Gasteiger partial charge in [-0.15, -0.1) is 0 Å². The fourth-order valence-corrected chi connectivity index (χ4v) is 6.57. The SMILES string of the molecule is COc1ccccc1-c1c[nH]c2ncc(-c3cc(F)cc(C(=O)N4CCC(CCN5C[C@@H](C)O[C@@H](C)C5)CC4)c3)cc12. The zero-order chi connectivity index (χ0) is 29.2. The Morgan fingerprint density at radius 1 is 1.05 bits per heavy atom. The predicted octanol–water partition coefficient (Wildman–Crippen LogP) is 6.40. The smallest absolute Gasteiger partial charge is 0.253 e. The summed E-state index contributed by atoms with van der Waals surface area (Å²) in [4.78, 5) is 25.7. The quantitative estimate of drug-likeness (QED) is 0.279. The number of likely N-dealkylation sites (tertiary alicyclic amines) is 1. The number of aromatic amines is 1. The standard InChI is InChI=1S/C34H39FN4O3/c1-22-20-38(21-23(2)42-22)11-8-24-9-12-39(13-10-24)34(40)26-14-25(15-28(35)16-26)27-17-30-31(19-37-33(30)36-18-27)29-6-4-5-7-32(29)41-3/h4-7,14-19,22-24H,8-13,20-21H2,1-3H3,(H,36,37)/t22-,23+. The summed E-state index contributed by atoms with van der Waals surface area (Å²) in [7, 11) is 1.65. The number of piperidine rings is 1. The van der Waals surface area contributed by atoms with Crippen molar-refractivity contribution in [2.45, 2.75) is 45.3 Å². The zero-order valence-electron chi connectivity index (χ0n) is 24.6. The van der Waals surface area contributed by atoms with Crippen molar-refractivity contribution in [2.75, 3.05) is 39.8 Å². The summed E-state index contributed by atoms with van der Waals surface area (Å²) < 4.78 is 26.3. The first-order chi connectivity index (χ1) is 20.4. The number of H-pyrrole nitrogens is 1. The highest BCUT2D eigenvalue weighted by molar-refractivity contribution is 5.98. The number of aromatic nitrogens is 2. The number of morpholine rings is 1. The summed E-state index contributed by atoms with van der Waals surface area (Å²) in [5.41, 5.74) is 4.37. The molecule has 0 radical (unpaired) electrons. The first-order valence-electron chi connectivity index (χ1n) is 15.0. The van der Waals surface area contributed by atoms with Crippen molar-refractivity contribution in [1.29, 1.82) is 0 Å². The van der Waals surface area contributed by atoms with Crippen molar-refractivity contribution in [3.8, 4) is 28.0 Å². The zero-order valence-corrected chi connectivity index (χ0v) is 24.6. The maximum Gasteiger partial charge on any atom is 0.253 e. The third kappa shape index (κ3) is 6.05. The molecule has 0 bridgehead atoms. The number of ether oxygens (including phenoxy) is 2. The number of hydrogen-bond acceptors (Lipinski definition) is 5. The molecule has 0 spiro atoms. The van der Waals surface area contributed by atoms with Crippen LogP contribution in [0.4, 0.5) is 4.39 Å². The monoisotopic (exact) mass is 570 g/mol. The topological polar surface area (TPSA) is 70.7 Å². The van der Waals surface area contributed by atoms with Crippen molar-refractivity contribution in [3.05, 3.63) is 72.3 Å². The average Bonchev–Trinajstić information content (AvgIpc) is 3.42. The van der Waals surface area contributed by atoms with E-state index in [4.69, 9.17) is 9.47 Å². The summed E-state index contributed by atoms with van der Waals surface area (Å²) in [6.07, 6.45) is 7.27. The maximum atomic E-state index is 14.9. The molecule has 2 saturated heterocycles. The lowest BCUT2D eigenvalue weighted by atomic mass is 9.92. The molecule has 2 aromatic heterocycles. The maximum absolute atomic E-state index is 14.9. The Hall–Kier alpha value is -3.75. The molecule has 220 valence electrons. The largest absolute Gasteiger partial charge is 0.496 e. The predicted molar refractivity (Wildman–Crippen MR) is 163 cm³/mol. The number of rotatable bonds is 7. The minimum atomic E-state index is -0.432. The summed E-state index contributed by atoms with van der Waals surface area (Å²) in [6, 6.07) is 14.4. The van der Waals surface area contributed by atoms with E-state index in [0.29, 0.717) is 30.1 Å². The molecule has 0 aliphatic carbocycles. The number of carbonyl (C=O) groups excluding carboxylic acids is 1. The summed E-state index contributed by atoms with van der Waals surface area (Å²) in [5, 5.41) is 0.900. The molecule has 2 aromatic carbocycles. The fourth-order valence-electron chi connectivity index (χ4n) is 6.57. The van der Waals surface area contributed by atoms with Crippen LogP contribution < -0.4 is 4.74 Å².